The third-order valence-electron chi connectivity index (χ3n) is 4.31. The Labute approximate surface area is 141 Å². The number of anilines is 3. The lowest BCUT2D eigenvalue weighted by Gasteiger charge is -2.37. The van der Waals surface area contributed by atoms with Crippen LogP contribution < -0.4 is 15.1 Å². The van der Waals surface area contributed by atoms with Gasteiger partial charge in [-0.15, -0.1) is 0 Å². The van der Waals surface area contributed by atoms with Crippen molar-refractivity contribution in [2.75, 3.05) is 41.3 Å². The molecule has 24 heavy (non-hydrogen) atoms. The van der Waals surface area contributed by atoms with E-state index in [0.717, 1.165) is 37.6 Å². The molecule has 5 heteroatoms. The smallest absolute Gasteiger partial charge is 0.224 e. The van der Waals surface area contributed by atoms with Gasteiger partial charge in [0.05, 0.1) is 5.69 Å². The quantitative estimate of drug-likeness (QED) is 0.933. The lowest BCUT2D eigenvalue weighted by Crippen LogP contribution is -2.46. The van der Waals surface area contributed by atoms with Gasteiger partial charge in [0.25, 0.3) is 0 Å². The van der Waals surface area contributed by atoms with Crippen molar-refractivity contribution in [2.45, 2.75) is 13.3 Å². The lowest BCUT2D eigenvalue weighted by atomic mass is 10.2. The van der Waals surface area contributed by atoms with Crippen LogP contribution in [-0.4, -0.2) is 32.1 Å². The van der Waals surface area contributed by atoms with Crippen LogP contribution >= 0.6 is 0 Å². The average Bonchev–Trinajstić information content (AvgIpc) is 2.63. The zero-order chi connectivity index (χ0) is 16.9. The maximum Gasteiger partial charge on any atom is 0.224 e. The summed E-state index contributed by atoms with van der Waals surface area (Å²) >= 11 is 0. The van der Waals surface area contributed by atoms with Crippen LogP contribution in [0.4, 0.5) is 21.5 Å². The molecular formula is C19H22FN3O. The molecule has 3 rings (SSSR count). The molecule has 0 radical (unpaired) electrons. The summed E-state index contributed by atoms with van der Waals surface area (Å²) in [6, 6.07) is 14.8. The molecule has 0 atom stereocenters. The van der Waals surface area contributed by atoms with Crippen LogP contribution in [0.25, 0.3) is 0 Å². The Balaban J connectivity index is 1.60. The molecule has 0 aromatic heterocycles. The fourth-order valence-corrected chi connectivity index (χ4v) is 2.92. The Morgan fingerprint density at radius 3 is 2.25 bits per heavy atom. The third kappa shape index (κ3) is 3.67. The van der Waals surface area contributed by atoms with E-state index in [4.69, 9.17) is 0 Å². The van der Waals surface area contributed by atoms with E-state index in [9.17, 15) is 9.18 Å². The molecule has 0 spiro atoms. The van der Waals surface area contributed by atoms with Gasteiger partial charge in [-0.3, -0.25) is 4.79 Å². The van der Waals surface area contributed by atoms with Crippen LogP contribution in [-0.2, 0) is 4.79 Å². The molecule has 0 saturated carbocycles. The van der Waals surface area contributed by atoms with Gasteiger partial charge in [-0.05, 0) is 36.4 Å². The van der Waals surface area contributed by atoms with Crippen molar-refractivity contribution in [3.05, 3.63) is 54.3 Å². The normalized spacial score (nSPS) is 14.6. The molecule has 1 heterocycles. The van der Waals surface area contributed by atoms with E-state index in [1.807, 2.05) is 43.3 Å². The number of amides is 1. The topological polar surface area (TPSA) is 35.6 Å². The number of carbonyl (C=O) groups excluding carboxylic acids is 1. The summed E-state index contributed by atoms with van der Waals surface area (Å²) in [5.41, 5.74) is 2.61. The summed E-state index contributed by atoms with van der Waals surface area (Å²) in [7, 11) is 0. The van der Waals surface area contributed by atoms with E-state index in [-0.39, 0.29) is 11.7 Å². The van der Waals surface area contributed by atoms with Crippen molar-refractivity contribution in [2.24, 2.45) is 0 Å². The number of carbonyl (C=O) groups is 1. The first-order chi connectivity index (χ1) is 11.7. The molecule has 126 valence electrons. The van der Waals surface area contributed by atoms with E-state index in [1.54, 1.807) is 6.07 Å². The first-order valence-corrected chi connectivity index (χ1v) is 8.31. The van der Waals surface area contributed by atoms with Crippen molar-refractivity contribution >= 4 is 23.0 Å². The highest BCUT2D eigenvalue weighted by molar-refractivity contribution is 5.90. The van der Waals surface area contributed by atoms with Gasteiger partial charge in [0, 0.05) is 44.0 Å². The highest BCUT2D eigenvalue weighted by atomic mass is 19.1. The van der Waals surface area contributed by atoms with E-state index < -0.39 is 0 Å². The molecule has 2 aromatic rings. The van der Waals surface area contributed by atoms with Gasteiger partial charge >= 0.3 is 0 Å². The predicted molar refractivity (Wildman–Crippen MR) is 96.2 cm³/mol. The lowest BCUT2D eigenvalue weighted by molar-refractivity contribution is -0.115. The second-order valence-electron chi connectivity index (χ2n) is 5.87. The molecule has 1 aliphatic rings. The van der Waals surface area contributed by atoms with Crippen LogP contribution in [0.15, 0.2) is 48.5 Å². The molecule has 1 aliphatic heterocycles. The van der Waals surface area contributed by atoms with Crippen LogP contribution in [0.1, 0.15) is 13.3 Å². The van der Waals surface area contributed by atoms with Crippen LogP contribution in [0.3, 0.4) is 0 Å². The highest BCUT2D eigenvalue weighted by Crippen LogP contribution is 2.23. The van der Waals surface area contributed by atoms with E-state index in [2.05, 4.69) is 15.1 Å². The van der Waals surface area contributed by atoms with Gasteiger partial charge in [0.15, 0.2) is 0 Å². The van der Waals surface area contributed by atoms with Crippen molar-refractivity contribution in [1.29, 1.82) is 0 Å². The summed E-state index contributed by atoms with van der Waals surface area (Å²) in [4.78, 5) is 15.8. The number of para-hydroxylation sites is 1. The number of piperazine rings is 1. The zero-order valence-corrected chi connectivity index (χ0v) is 13.8. The van der Waals surface area contributed by atoms with Gasteiger partial charge in [0.1, 0.15) is 5.82 Å². The fourth-order valence-electron chi connectivity index (χ4n) is 2.92. The molecule has 1 N–H and O–H groups in total. The predicted octanol–water partition coefficient (Wildman–Crippen LogP) is 3.50. The third-order valence-corrected chi connectivity index (χ3v) is 4.31. The summed E-state index contributed by atoms with van der Waals surface area (Å²) in [6.45, 7) is 5.09. The summed E-state index contributed by atoms with van der Waals surface area (Å²) in [6.07, 6.45) is 0.472. The largest absolute Gasteiger partial charge is 0.368 e. The molecule has 1 amide bonds. The van der Waals surface area contributed by atoms with E-state index >= 15 is 0 Å². The fraction of sp³-hybridized carbons (Fsp3) is 0.316. The molecular weight excluding hydrogens is 305 g/mol. The maximum atomic E-state index is 13.9. The van der Waals surface area contributed by atoms with Crippen molar-refractivity contribution in [3.8, 4) is 0 Å². The average molecular weight is 327 g/mol. The first-order valence-electron chi connectivity index (χ1n) is 8.31. The van der Waals surface area contributed by atoms with Gasteiger partial charge in [-0.25, -0.2) is 4.39 Å². The molecule has 2 aromatic carbocycles. The molecule has 4 nitrogen and oxygen atoms in total. The summed E-state index contributed by atoms with van der Waals surface area (Å²) < 4.78 is 13.9. The number of benzene rings is 2. The number of hydrogen-bond donors (Lipinski definition) is 1. The Morgan fingerprint density at radius 2 is 1.62 bits per heavy atom. The van der Waals surface area contributed by atoms with Crippen molar-refractivity contribution < 1.29 is 9.18 Å². The minimum atomic E-state index is -0.165. The number of hydrogen-bond acceptors (Lipinski definition) is 3. The molecule has 0 unspecified atom stereocenters. The molecule has 0 aliphatic carbocycles. The number of halogens is 1. The Hall–Kier alpha value is -2.56. The van der Waals surface area contributed by atoms with Crippen LogP contribution in [0.5, 0.6) is 0 Å². The summed E-state index contributed by atoms with van der Waals surface area (Å²) in [5.74, 6) is -0.150. The molecule has 0 bridgehead atoms. The number of rotatable bonds is 4. The maximum absolute atomic E-state index is 13.9. The van der Waals surface area contributed by atoms with Crippen molar-refractivity contribution in [1.82, 2.24) is 0 Å². The second kappa shape index (κ2) is 7.34. The van der Waals surface area contributed by atoms with Gasteiger partial charge < -0.3 is 15.1 Å². The number of nitrogens with zero attached hydrogens (tertiary/aromatic N) is 2. The summed E-state index contributed by atoms with van der Waals surface area (Å²) in [5, 5.41) is 2.85. The monoisotopic (exact) mass is 327 g/mol. The standard InChI is InChI=1S/C19H22FN3O/c1-2-19(24)21-15-7-9-16(10-8-15)22-11-13-23(14-12-22)18-6-4-3-5-17(18)20/h3-10H,2,11-14H2,1H3,(H,21,24). The van der Waals surface area contributed by atoms with Gasteiger partial charge in [0.2, 0.25) is 5.91 Å². The Kier molecular flexibility index (Phi) is 4.99. The SMILES string of the molecule is CCC(=O)Nc1ccc(N2CCN(c3ccccc3F)CC2)cc1. The number of nitrogens with one attached hydrogen (secondary N) is 1. The highest BCUT2D eigenvalue weighted by Gasteiger charge is 2.19. The van der Waals surface area contributed by atoms with E-state index in [0.29, 0.717) is 12.1 Å². The molecule has 1 fully saturated rings. The van der Waals surface area contributed by atoms with Gasteiger partial charge in [-0.1, -0.05) is 19.1 Å². The minimum absolute atomic E-state index is 0.0150. The van der Waals surface area contributed by atoms with Gasteiger partial charge in [-0.2, -0.15) is 0 Å². The molecule has 1 saturated heterocycles. The van der Waals surface area contributed by atoms with E-state index in [1.165, 1.54) is 6.07 Å². The Morgan fingerprint density at radius 1 is 1.00 bits per heavy atom. The minimum Gasteiger partial charge on any atom is -0.368 e. The second-order valence-corrected chi connectivity index (χ2v) is 5.87. The Bertz CT molecular complexity index is 694. The van der Waals surface area contributed by atoms with Crippen molar-refractivity contribution in [3.63, 3.8) is 0 Å². The van der Waals surface area contributed by atoms with Crippen LogP contribution in [0, 0.1) is 5.82 Å². The van der Waals surface area contributed by atoms with Crippen LogP contribution in [0.2, 0.25) is 0 Å². The zero-order valence-electron chi connectivity index (χ0n) is 13.8. The first kappa shape index (κ1) is 16.3.